The van der Waals surface area contributed by atoms with Crippen LogP contribution in [0.15, 0.2) is 71.9 Å². The van der Waals surface area contributed by atoms with Crippen molar-refractivity contribution in [1.29, 1.82) is 0 Å². The number of halogens is 1. The largest absolute Gasteiger partial charge is 0.483 e. The quantitative estimate of drug-likeness (QED) is 0.363. The third-order valence-electron chi connectivity index (χ3n) is 4.58. The second-order valence-corrected chi connectivity index (χ2v) is 7.92. The van der Waals surface area contributed by atoms with Gasteiger partial charge in [0.25, 0.3) is 0 Å². The smallest absolute Gasteiger partial charge is 0.191 e. The van der Waals surface area contributed by atoms with Crippen LogP contribution in [0, 0.1) is 0 Å². The minimum atomic E-state index is -0.233. The molecule has 0 saturated carbocycles. The second-order valence-electron chi connectivity index (χ2n) is 6.54. The van der Waals surface area contributed by atoms with E-state index in [9.17, 15) is 0 Å². The maximum absolute atomic E-state index is 6.03. The molecule has 1 atom stereocenters. The van der Waals surface area contributed by atoms with E-state index in [2.05, 4.69) is 52.7 Å². The van der Waals surface area contributed by atoms with Crippen LogP contribution in [0.3, 0.4) is 0 Å². The fraction of sp³-hybridized carbons (Fsp3) is 0.182. The van der Waals surface area contributed by atoms with Crippen molar-refractivity contribution in [3.05, 3.63) is 83.1 Å². The SMILES string of the molecule is CC(Oc1cccc(Cl)c1)c1nnc(SCc2cccc3ccccc23)n1C. The van der Waals surface area contributed by atoms with Crippen LogP contribution in [-0.2, 0) is 12.8 Å². The number of hydrogen-bond donors (Lipinski definition) is 0. The van der Waals surface area contributed by atoms with Crippen molar-refractivity contribution in [1.82, 2.24) is 14.8 Å². The fourth-order valence-corrected chi connectivity index (χ4v) is 4.27. The summed E-state index contributed by atoms with van der Waals surface area (Å²) in [5.41, 5.74) is 1.29. The van der Waals surface area contributed by atoms with Gasteiger partial charge in [-0.25, -0.2) is 0 Å². The first-order valence-electron chi connectivity index (χ1n) is 9.03. The van der Waals surface area contributed by atoms with Crippen LogP contribution in [0.4, 0.5) is 0 Å². The molecule has 0 bridgehead atoms. The van der Waals surface area contributed by atoms with Gasteiger partial charge in [-0.3, -0.25) is 0 Å². The van der Waals surface area contributed by atoms with Gasteiger partial charge in [-0.2, -0.15) is 0 Å². The first-order chi connectivity index (χ1) is 13.6. The zero-order valence-corrected chi connectivity index (χ0v) is 17.2. The molecule has 0 aliphatic heterocycles. The van der Waals surface area contributed by atoms with E-state index in [1.54, 1.807) is 17.8 Å². The maximum Gasteiger partial charge on any atom is 0.191 e. The lowest BCUT2D eigenvalue weighted by Gasteiger charge is -2.14. The highest BCUT2D eigenvalue weighted by atomic mass is 35.5. The molecule has 4 nitrogen and oxygen atoms in total. The molecule has 4 aromatic rings. The van der Waals surface area contributed by atoms with Crippen molar-refractivity contribution < 1.29 is 4.74 Å². The van der Waals surface area contributed by atoms with Crippen LogP contribution in [0.5, 0.6) is 5.75 Å². The van der Waals surface area contributed by atoms with Gasteiger partial charge in [-0.1, -0.05) is 71.9 Å². The number of aromatic nitrogens is 3. The normalized spacial score (nSPS) is 12.2. The summed E-state index contributed by atoms with van der Waals surface area (Å²) >= 11 is 7.71. The Kier molecular flexibility index (Phi) is 5.55. The maximum atomic E-state index is 6.03. The topological polar surface area (TPSA) is 39.9 Å². The van der Waals surface area contributed by atoms with E-state index in [4.69, 9.17) is 16.3 Å². The first-order valence-corrected chi connectivity index (χ1v) is 10.4. The van der Waals surface area contributed by atoms with Crippen LogP contribution < -0.4 is 4.74 Å². The molecule has 3 aromatic carbocycles. The Labute approximate surface area is 173 Å². The van der Waals surface area contributed by atoms with E-state index >= 15 is 0 Å². The molecule has 142 valence electrons. The Morgan fingerprint density at radius 1 is 1.04 bits per heavy atom. The third-order valence-corrected chi connectivity index (χ3v) is 5.88. The van der Waals surface area contributed by atoms with Gasteiger partial charge in [0.05, 0.1) is 0 Å². The van der Waals surface area contributed by atoms with E-state index in [0.717, 1.165) is 16.7 Å². The minimum absolute atomic E-state index is 0.233. The van der Waals surface area contributed by atoms with Crippen LogP contribution in [-0.4, -0.2) is 14.8 Å². The fourth-order valence-electron chi connectivity index (χ4n) is 3.16. The molecule has 0 aliphatic rings. The predicted molar refractivity (Wildman–Crippen MR) is 115 cm³/mol. The molecule has 4 rings (SSSR count). The molecule has 0 fully saturated rings. The predicted octanol–water partition coefficient (Wildman–Crippen LogP) is 6.05. The number of rotatable bonds is 6. The standard InChI is InChI=1S/C22H20ClN3OS/c1-15(27-19-11-6-10-18(23)13-19)21-24-25-22(26(21)2)28-14-17-9-5-8-16-7-3-4-12-20(16)17/h3-13,15H,14H2,1-2H3. The number of benzene rings is 3. The summed E-state index contributed by atoms with van der Waals surface area (Å²) in [4.78, 5) is 0. The molecule has 1 aromatic heterocycles. The van der Waals surface area contributed by atoms with Gasteiger partial charge in [0.15, 0.2) is 17.1 Å². The third kappa shape index (κ3) is 4.01. The van der Waals surface area contributed by atoms with E-state index in [0.29, 0.717) is 10.8 Å². The zero-order valence-electron chi connectivity index (χ0n) is 15.7. The monoisotopic (exact) mass is 409 g/mol. The van der Waals surface area contributed by atoms with Gasteiger partial charge in [0.1, 0.15) is 5.75 Å². The summed E-state index contributed by atoms with van der Waals surface area (Å²) in [6, 6.07) is 22.2. The molecule has 0 radical (unpaired) electrons. The molecule has 0 aliphatic carbocycles. The van der Waals surface area contributed by atoms with E-state index in [1.165, 1.54) is 16.3 Å². The number of fused-ring (bicyclic) bond motifs is 1. The van der Waals surface area contributed by atoms with Gasteiger partial charge in [0, 0.05) is 17.8 Å². The Balaban J connectivity index is 1.49. The van der Waals surface area contributed by atoms with Gasteiger partial charge < -0.3 is 9.30 Å². The molecule has 0 spiro atoms. The van der Waals surface area contributed by atoms with E-state index in [-0.39, 0.29) is 6.10 Å². The zero-order chi connectivity index (χ0) is 19.5. The Morgan fingerprint density at radius 3 is 2.68 bits per heavy atom. The molecule has 0 amide bonds. The van der Waals surface area contributed by atoms with Gasteiger partial charge in [-0.05, 0) is 41.5 Å². The summed E-state index contributed by atoms with van der Waals surface area (Å²) < 4.78 is 7.97. The number of hydrogen-bond acceptors (Lipinski definition) is 4. The van der Waals surface area contributed by atoms with Crippen LogP contribution in [0.25, 0.3) is 10.8 Å². The first kappa shape index (κ1) is 18.8. The Hall–Kier alpha value is -2.50. The average molecular weight is 410 g/mol. The van der Waals surface area contributed by atoms with Crippen molar-refractivity contribution in [2.24, 2.45) is 7.05 Å². The average Bonchev–Trinajstić information content (AvgIpc) is 3.07. The lowest BCUT2D eigenvalue weighted by atomic mass is 10.1. The summed E-state index contributed by atoms with van der Waals surface area (Å²) in [5, 5.41) is 12.7. The van der Waals surface area contributed by atoms with Crippen molar-refractivity contribution in [2.45, 2.75) is 23.9 Å². The summed E-state index contributed by atoms with van der Waals surface area (Å²) in [6.07, 6.45) is -0.233. The van der Waals surface area contributed by atoms with E-state index < -0.39 is 0 Å². The molecular weight excluding hydrogens is 390 g/mol. The number of thioether (sulfide) groups is 1. The summed E-state index contributed by atoms with van der Waals surface area (Å²) in [7, 11) is 1.97. The Morgan fingerprint density at radius 2 is 1.82 bits per heavy atom. The molecule has 0 saturated heterocycles. The number of ether oxygens (including phenoxy) is 1. The summed E-state index contributed by atoms with van der Waals surface area (Å²) in [6.45, 7) is 1.96. The Bertz CT molecular complexity index is 1110. The lowest BCUT2D eigenvalue weighted by Crippen LogP contribution is -2.10. The van der Waals surface area contributed by atoms with Crippen LogP contribution in [0.1, 0.15) is 24.4 Å². The highest BCUT2D eigenvalue weighted by molar-refractivity contribution is 7.98. The molecule has 28 heavy (non-hydrogen) atoms. The molecule has 1 heterocycles. The highest BCUT2D eigenvalue weighted by Crippen LogP contribution is 2.28. The van der Waals surface area contributed by atoms with Gasteiger partial charge >= 0.3 is 0 Å². The van der Waals surface area contributed by atoms with Crippen molar-refractivity contribution in [2.75, 3.05) is 0 Å². The molecule has 0 N–H and O–H groups in total. The van der Waals surface area contributed by atoms with Crippen LogP contribution >= 0.6 is 23.4 Å². The minimum Gasteiger partial charge on any atom is -0.483 e. The van der Waals surface area contributed by atoms with Crippen molar-refractivity contribution in [3.8, 4) is 5.75 Å². The lowest BCUT2D eigenvalue weighted by molar-refractivity contribution is 0.211. The number of nitrogens with zero attached hydrogens (tertiary/aromatic N) is 3. The second kappa shape index (κ2) is 8.25. The van der Waals surface area contributed by atoms with Crippen LogP contribution in [0.2, 0.25) is 5.02 Å². The molecule has 1 unspecified atom stereocenters. The van der Waals surface area contributed by atoms with E-state index in [1.807, 2.05) is 36.7 Å². The van der Waals surface area contributed by atoms with Crippen molar-refractivity contribution in [3.63, 3.8) is 0 Å². The molecule has 6 heteroatoms. The van der Waals surface area contributed by atoms with Gasteiger partial charge in [0.2, 0.25) is 0 Å². The molecular formula is C22H20ClN3OS. The summed E-state index contributed by atoms with van der Waals surface area (Å²) in [5.74, 6) is 2.32. The van der Waals surface area contributed by atoms with Crippen molar-refractivity contribution >= 4 is 34.1 Å². The van der Waals surface area contributed by atoms with Gasteiger partial charge in [-0.15, -0.1) is 10.2 Å². The highest BCUT2D eigenvalue weighted by Gasteiger charge is 2.17.